The number of hydrogen-bond acceptors (Lipinski definition) is 4. The highest BCUT2D eigenvalue weighted by molar-refractivity contribution is 7.89. The third kappa shape index (κ3) is 4.10. The van der Waals surface area contributed by atoms with Crippen LogP contribution in [0.2, 0.25) is 0 Å². The fraction of sp³-hybridized carbons (Fsp3) is 0.286. The maximum absolute atomic E-state index is 13.1. The zero-order chi connectivity index (χ0) is 15.5. The summed E-state index contributed by atoms with van der Waals surface area (Å²) in [5.74, 6) is -0.570. The Morgan fingerprint density at radius 1 is 1.33 bits per heavy atom. The second kappa shape index (κ2) is 6.65. The Morgan fingerprint density at radius 2 is 2.10 bits per heavy atom. The molecule has 2 rings (SSSR count). The molecule has 0 aliphatic carbocycles. The van der Waals surface area contributed by atoms with Crippen LogP contribution in [0.1, 0.15) is 11.6 Å². The molecule has 0 fully saturated rings. The van der Waals surface area contributed by atoms with Crippen molar-refractivity contribution in [2.75, 3.05) is 20.6 Å². The Labute approximate surface area is 128 Å². The van der Waals surface area contributed by atoms with Gasteiger partial charge in [-0.15, -0.1) is 0 Å². The number of rotatable bonds is 6. The molecule has 0 unspecified atom stereocenters. The lowest BCUT2D eigenvalue weighted by Gasteiger charge is -2.24. The van der Waals surface area contributed by atoms with Gasteiger partial charge in [0.25, 0.3) is 0 Å². The van der Waals surface area contributed by atoms with Gasteiger partial charge in [0.15, 0.2) is 0 Å². The molecular formula is C14H17FN2O2S2. The summed E-state index contributed by atoms with van der Waals surface area (Å²) in [4.78, 5) is 1.88. The van der Waals surface area contributed by atoms with Crippen LogP contribution in [0.25, 0.3) is 0 Å². The summed E-state index contributed by atoms with van der Waals surface area (Å²) in [7, 11) is 0.0597. The highest BCUT2D eigenvalue weighted by Gasteiger charge is 2.20. The van der Waals surface area contributed by atoms with E-state index < -0.39 is 15.8 Å². The van der Waals surface area contributed by atoms with Crippen LogP contribution in [-0.4, -0.2) is 34.0 Å². The number of hydrogen-bond donors (Lipinski definition) is 1. The summed E-state index contributed by atoms with van der Waals surface area (Å²) in [5.41, 5.74) is 1.05. The Morgan fingerprint density at radius 3 is 2.67 bits per heavy atom. The summed E-state index contributed by atoms with van der Waals surface area (Å²) in [5, 5.41) is 3.94. The molecule has 4 nitrogen and oxygen atoms in total. The Kier molecular flexibility index (Phi) is 5.10. The quantitative estimate of drug-likeness (QED) is 0.886. The van der Waals surface area contributed by atoms with Crippen molar-refractivity contribution in [2.24, 2.45) is 0 Å². The number of likely N-dealkylation sites (N-methyl/N-ethyl adjacent to an activating group) is 1. The van der Waals surface area contributed by atoms with Crippen molar-refractivity contribution < 1.29 is 12.8 Å². The second-order valence-electron chi connectivity index (χ2n) is 4.85. The van der Waals surface area contributed by atoms with Gasteiger partial charge in [0.05, 0.1) is 4.90 Å². The predicted octanol–water partition coefficient (Wildman–Crippen LogP) is 2.47. The second-order valence-corrected chi connectivity index (χ2v) is 7.39. The molecule has 0 saturated heterocycles. The van der Waals surface area contributed by atoms with E-state index in [2.05, 4.69) is 4.72 Å². The van der Waals surface area contributed by atoms with E-state index in [0.717, 1.165) is 11.6 Å². The molecule has 0 amide bonds. The monoisotopic (exact) mass is 328 g/mol. The highest BCUT2D eigenvalue weighted by atomic mass is 32.2. The van der Waals surface area contributed by atoms with Crippen molar-refractivity contribution in [3.05, 3.63) is 52.5 Å². The molecule has 0 aliphatic heterocycles. The highest BCUT2D eigenvalue weighted by Crippen LogP contribution is 2.21. The first kappa shape index (κ1) is 16.1. The lowest BCUT2D eigenvalue weighted by molar-refractivity contribution is 0.300. The molecule has 0 aliphatic rings. The van der Waals surface area contributed by atoms with E-state index >= 15 is 0 Å². The van der Waals surface area contributed by atoms with Gasteiger partial charge in [-0.2, -0.15) is 11.3 Å². The molecule has 1 N–H and O–H groups in total. The number of benzene rings is 1. The molecule has 114 valence electrons. The molecule has 0 radical (unpaired) electrons. The van der Waals surface area contributed by atoms with Crippen molar-refractivity contribution in [2.45, 2.75) is 10.9 Å². The fourth-order valence-corrected chi connectivity index (χ4v) is 3.75. The smallest absolute Gasteiger partial charge is 0.240 e. The van der Waals surface area contributed by atoms with E-state index in [0.29, 0.717) is 0 Å². The zero-order valence-corrected chi connectivity index (χ0v) is 13.4. The van der Waals surface area contributed by atoms with E-state index in [1.807, 2.05) is 35.8 Å². The standard InChI is InChI=1S/C14H17FN2O2S2/c1-17(2)14(11-6-7-20-10-11)9-16-21(18,19)13-5-3-4-12(15)8-13/h3-8,10,14,16H,9H2,1-2H3/t14-/m0/s1. The average Bonchev–Trinajstić information content (AvgIpc) is 2.92. The predicted molar refractivity (Wildman–Crippen MR) is 82.3 cm³/mol. The van der Waals surface area contributed by atoms with Crippen LogP contribution in [0.5, 0.6) is 0 Å². The van der Waals surface area contributed by atoms with Crippen LogP contribution in [-0.2, 0) is 10.0 Å². The van der Waals surface area contributed by atoms with Crippen molar-refractivity contribution >= 4 is 21.4 Å². The van der Waals surface area contributed by atoms with Crippen LogP contribution < -0.4 is 4.72 Å². The van der Waals surface area contributed by atoms with Gasteiger partial charge in [-0.25, -0.2) is 17.5 Å². The van der Waals surface area contributed by atoms with E-state index in [9.17, 15) is 12.8 Å². The van der Waals surface area contributed by atoms with Crippen molar-refractivity contribution in [1.29, 1.82) is 0 Å². The van der Waals surface area contributed by atoms with Crippen molar-refractivity contribution in [3.8, 4) is 0 Å². The lowest BCUT2D eigenvalue weighted by Crippen LogP contribution is -2.34. The van der Waals surface area contributed by atoms with E-state index in [-0.39, 0.29) is 17.5 Å². The zero-order valence-electron chi connectivity index (χ0n) is 11.8. The maximum atomic E-state index is 13.1. The number of halogens is 1. The number of thiophene rings is 1. The molecule has 0 spiro atoms. The summed E-state index contributed by atoms with van der Waals surface area (Å²) in [6.07, 6.45) is 0. The van der Waals surface area contributed by atoms with Crippen LogP contribution in [0.3, 0.4) is 0 Å². The third-order valence-corrected chi connectivity index (χ3v) is 5.25. The SMILES string of the molecule is CN(C)[C@@H](CNS(=O)(=O)c1cccc(F)c1)c1ccsc1. The van der Waals surface area contributed by atoms with E-state index in [1.54, 1.807) is 11.3 Å². The molecule has 1 aromatic heterocycles. The Bertz CT molecular complexity index is 685. The molecule has 7 heteroatoms. The first-order chi connectivity index (χ1) is 9.90. The summed E-state index contributed by atoms with van der Waals surface area (Å²) in [6, 6.07) is 6.88. The Balaban J connectivity index is 2.13. The van der Waals surface area contributed by atoms with Crippen LogP contribution in [0.15, 0.2) is 46.0 Å². The Hall–Kier alpha value is -1.28. The molecule has 1 atom stereocenters. The minimum absolute atomic E-state index is 0.0645. The fourth-order valence-electron chi connectivity index (χ4n) is 1.97. The molecular weight excluding hydrogens is 311 g/mol. The average molecular weight is 328 g/mol. The van der Waals surface area contributed by atoms with Gasteiger partial charge in [-0.3, -0.25) is 0 Å². The molecule has 0 bridgehead atoms. The van der Waals surface area contributed by atoms with Gasteiger partial charge in [0.2, 0.25) is 10.0 Å². The lowest BCUT2D eigenvalue weighted by atomic mass is 10.1. The maximum Gasteiger partial charge on any atom is 0.240 e. The van der Waals surface area contributed by atoms with Gasteiger partial charge < -0.3 is 4.90 Å². The van der Waals surface area contributed by atoms with Crippen LogP contribution >= 0.6 is 11.3 Å². The van der Waals surface area contributed by atoms with Gasteiger partial charge in [0.1, 0.15) is 5.82 Å². The molecule has 1 aromatic carbocycles. The minimum atomic E-state index is -3.72. The summed E-state index contributed by atoms with van der Waals surface area (Å²) < 4.78 is 40.1. The summed E-state index contributed by atoms with van der Waals surface area (Å²) >= 11 is 1.56. The minimum Gasteiger partial charge on any atom is -0.301 e. The van der Waals surface area contributed by atoms with Crippen LogP contribution in [0.4, 0.5) is 4.39 Å². The molecule has 21 heavy (non-hydrogen) atoms. The molecule has 1 heterocycles. The topological polar surface area (TPSA) is 49.4 Å². The number of nitrogens with one attached hydrogen (secondary N) is 1. The van der Waals surface area contributed by atoms with E-state index in [4.69, 9.17) is 0 Å². The largest absolute Gasteiger partial charge is 0.301 e. The number of nitrogens with zero attached hydrogens (tertiary/aromatic N) is 1. The first-order valence-corrected chi connectivity index (χ1v) is 8.76. The first-order valence-electron chi connectivity index (χ1n) is 6.34. The van der Waals surface area contributed by atoms with Gasteiger partial charge in [0, 0.05) is 12.6 Å². The van der Waals surface area contributed by atoms with E-state index in [1.165, 1.54) is 18.2 Å². The van der Waals surface area contributed by atoms with Crippen LogP contribution in [0, 0.1) is 5.82 Å². The van der Waals surface area contributed by atoms with Crippen molar-refractivity contribution in [1.82, 2.24) is 9.62 Å². The molecule has 0 saturated carbocycles. The van der Waals surface area contributed by atoms with Gasteiger partial charge in [-0.05, 0) is 54.7 Å². The molecule has 2 aromatic rings. The van der Waals surface area contributed by atoms with Gasteiger partial charge in [-0.1, -0.05) is 6.07 Å². The van der Waals surface area contributed by atoms with Gasteiger partial charge >= 0.3 is 0 Å². The third-order valence-electron chi connectivity index (χ3n) is 3.12. The summed E-state index contributed by atoms with van der Waals surface area (Å²) in [6.45, 7) is 0.225. The number of sulfonamides is 1. The van der Waals surface area contributed by atoms with Crippen molar-refractivity contribution in [3.63, 3.8) is 0 Å². The normalized spacial score (nSPS) is 13.5.